The summed E-state index contributed by atoms with van der Waals surface area (Å²) < 4.78 is 16.4. The Labute approximate surface area is 151 Å². The molecule has 3 aromatic rings. The van der Waals surface area contributed by atoms with E-state index in [1.165, 1.54) is 0 Å². The quantitative estimate of drug-likeness (QED) is 0.696. The Bertz CT molecular complexity index is 877. The highest BCUT2D eigenvalue weighted by Gasteiger charge is 2.20. The molecule has 2 heterocycles. The fraction of sp³-hybridized carbons (Fsp3) is 0.263. The van der Waals surface area contributed by atoms with Gasteiger partial charge in [0.2, 0.25) is 17.5 Å². The van der Waals surface area contributed by atoms with Crippen molar-refractivity contribution >= 4 is 5.88 Å². The number of ether oxygens (including phenoxy) is 1. The predicted octanol–water partition coefficient (Wildman–Crippen LogP) is 3.53. The molecular weight excluding hydrogens is 332 g/mol. The van der Waals surface area contributed by atoms with E-state index in [0.29, 0.717) is 18.3 Å². The number of anilines is 1. The topological polar surface area (TPSA) is 87.5 Å². The Morgan fingerprint density at radius 2 is 2.04 bits per heavy atom. The van der Waals surface area contributed by atoms with Crippen LogP contribution in [0.4, 0.5) is 5.88 Å². The van der Waals surface area contributed by atoms with Gasteiger partial charge in [-0.25, -0.2) is 0 Å². The van der Waals surface area contributed by atoms with Crippen LogP contribution < -0.4 is 10.1 Å². The van der Waals surface area contributed by atoms with E-state index >= 15 is 0 Å². The number of aromatic nitrogens is 1. The first kappa shape index (κ1) is 17.6. The summed E-state index contributed by atoms with van der Waals surface area (Å²) in [6.45, 7) is 0.506. The molecule has 0 fully saturated rings. The maximum absolute atomic E-state index is 9.36. The van der Waals surface area contributed by atoms with Gasteiger partial charge in [0.05, 0.1) is 19.4 Å². The summed E-state index contributed by atoms with van der Waals surface area (Å²) in [6.07, 6.45) is 1.64. The average Bonchev–Trinajstić information content (AvgIpc) is 3.31. The molecule has 2 aromatic heterocycles. The Hall–Kier alpha value is -3.24. The number of hydrogen-bond donors (Lipinski definition) is 1. The minimum absolute atomic E-state index is 0.00826. The maximum atomic E-state index is 9.36. The summed E-state index contributed by atoms with van der Waals surface area (Å²) >= 11 is 0. The lowest BCUT2D eigenvalue weighted by Crippen LogP contribution is -2.26. The van der Waals surface area contributed by atoms with Gasteiger partial charge in [0.15, 0.2) is 0 Å². The molecule has 3 rings (SSSR count). The number of methoxy groups -OCH3 is 1. The molecule has 1 N–H and O–H groups in total. The first-order valence-corrected chi connectivity index (χ1v) is 8.11. The lowest BCUT2D eigenvalue weighted by Gasteiger charge is -2.22. The van der Waals surface area contributed by atoms with Crippen LogP contribution in [0.25, 0.3) is 11.5 Å². The van der Waals surface area contributed by atoms with E-state index in [4.69, 9.17) is 13.6 Å². The molecule has 0 aliphatic rings. The van der Waals surface area contributed by atoms with Gasteiger partial charge in [-0.2, -0.15) is 10.2 Å². The smallest absolute Gasteiger partial charge is 0.232 e. The fourth-order valence-corrected chi connectivity index (χ4v) is 2.58. The zero-order valence-corrected chi connectivity index (χ0v) is 14.9. The zero-order valence-electron chi connectivity index (χ0n) is 14.9. The van der Waals surface area contributed by atoms with Crippen LogP contribution in [0.1, 0.15) is 17.5 Å². The van der Waals surface area contributed by atoms with Crippen molar-refractivity contribution in [2.45, 2.75) is 6.04 Å². The summed E-state index contributed by atoms with van der Waals surface area (Å²) in [4.78, 5) is 6.30. The standard InChI is InChI=1S/C19H20N4O3/c1-23(2)16(17-5-4-10-25-17)12-21-19-15(11-20)22-18(26-19)13-6-8-14(24-3)9-7-13/h4-10,16,21H,12H2,1-3H3/t16-/m1/s1. The van der Waals surface area contributed by atoms with Crippen LogP contribution in [0.15, 0.2) is 51.5 Å². The number of likely N-dealkylation sites (N-methyl/N-ethyl adjacent to an activating group) is 1. The van der Waals surface area contributed by atoms with E-state index in [-0.39, 0.29) is 11.7 Å². The fourth-order valence-electron chi connectivity index (χ4n) is 2.58. The van der Waals surface area contributed by atoms with E-state index < -0.39 is 0 Å². The molecule has 0 spiro atoms. The van der Waals surface area contributed by atoms with Crippen LogP contribution in [-0.4, -0.2) is 37.6 Å². The molecule has 0 amide bonds. The highest BCUT2D eigenvalue weighted by molar-refractivity contribution is 5.59. The number of nitrogens with one attached hydrogen (secondary N) is 1. The van der Waals surface area contributed by atoms with E-state index in [2.05, 4.69) is 16.4 Å². The molecule has 7 nitrogen and oxygen atoms in total. The molecule has 0 unspecified atom stereocenters. The molecule has 0 saturated heterocycles. The second-order valence-electron chi connectivity index (χ2n) is 5.91. The highest BCUT2D eigenvalue weighted by atomic mass is 16.5. The van der Waals surface area contributed by atoms with Crippen molar-refractivity contribution in [1.82, 2.24) is 9.88 Å². The summed E-state index contributed by atoms with van der Waals surface area (Å²) in [6, 6.07) is 13.1. The lowest BCUT2D eigenvalue weighted by molar-refractivity contribution is 0.268. The van der Waals surface area contributed by atoms with Crippen molar-refractivity contribution < 1.29 is 13.6 Å². The largest absolute Gasteiger partial charge is 0.497 e. The first-order valence-electron chi connectivity index (χ1n) is 8.11. The van der Waals surface area contributed by atoms with Crippen LogP contribution in [-0.2, 0) is 0 Å². The maximum Gasteiger partial charge on any atom is 0.232 e. The Kier molecular flexibility index (Phi) is 5.25. The van der Waals surface area contributed by atoms with Gasteiger partial charge in [-0.1, -0.05) is 0 Å². The summed E-state index contributed by atoms with van der Waals surface area (Å²) in [7, 11) is 5.53. The number of oxazole rings is 1. The summed E-state index contributed by atoms with van der Waals surface area (Å²) in [5, 5.41) is 12.5. The van der Waals surface area contributed by atoms with Gasteiger partial charge in [0, 0.05) is 12.1 Å². The number of rotatable bonds is 7. The van der Waals surface area contributed by atoms with Gasteiger partial charge >= 0.3 is 0 Å². The van der Waals surface area contributed by atoms with Crippen LogP contribution >= 0.6 is 0 Å². The Morgan fingerprint density at radius 1 is 1.27 bits per heavy atom. The van der Waals surface area contributed by atoms with Gasteiger partial charge in [0.1, 0.15) is 17.6 Å². The average molecular weight is 352 g/mol. The van der Waals surface area contributed by atoms with Crippen molar-refractivity contribution in [3.8, 4) is 23.3 Å². The highest BCUT2D eigenvalue weighted by Crippen LogP contribution is 2.28. The van der Waals surface area contributed by atoms with Gasteiger partial charge in [0.25, 0.3) is 0 Å². The molecule has 0 aliphatic carbocycles. The summed E-state index contributed by atoms with van der Waals surface area (Å²) in [5.41, 5.74) is 0.985. The number of hydrogen-bond acceptors (Lipinski definition) is 7. The van der Waals surface area contributed by atoms with Crippen molar-refractivity contribution in [2.24, 2.45) is 0 Å². The zero-order chi connectivity index (χ0) is 18.5. The normalized spacial score (nSPS) is 12.0. The van der Waals surface area contributed by atoms with Gasteiger partial charge in [-0.05, 0) is 50.5 Å². The third-order valence-electron chi connectivity index (χ3n) is 4.02. The summed E-state index contributed by atoms with van der Waals surface area (Å²) in [5.74, 6) is 2.30. The van der Waals surface area contributed by atoms with Crippen molar-refractivity contribution in [2.75, 3.05) is 33.1 Å². The second kappa shape index (κ2) is 7.76. The van der Waals surface area contributed by atoms with Crippen LogP contribution in [0.5, 0.6) is 5.75 Å². The van der Waals surface area contributed by atoms with Crippen LogP contribution in [0, 0.1) is 11.3 Å². The van der Waals surface area contributed by atoms with E-state index in [1.807, 2.05) is 55.4 Å². The van der Waals surface area contributed by atoms with Crippen molar-refractivity contribution in [3.63, 3.8) is 0 Å². The molecule has 0 saturated carbocycles. The molecule has 0 aliphatic heterocycles. The van der Waals surface area contributed by atoms with Gasteiger partial charge < -0.3 is 18.9 Å². The number of nitriles is 1. The molecular formula is C19H20N4O3. The molecule has 7 heteroatoms. The number of nitrogens with zero attached hydrogens (tertiary/aromatic N) is 3. The van der Waals surface area contributed by atoms with Crippen molar-refractivity contribution in [3.05, 3.63) is 54.1 Å². The van der Waals surface area contributed by atoms with E-state index in [9.17, 15) is 5.26 Å². The van der Waals surface area contributed by atoms with Crippen LogP contribution in [0.2, 0.25) is 0 Å². The monoisotopic (exact) mass is 352 g/mol. The number of benzene rings is 1. The molecule has 0 radical (unpaired) electrons. The third kappa shape index (κ3) is 3.71. The third-order valence-corrected chi connectivity index (χ3v) is 4.02. The molecule has 134 valence electrons. The first-order chi connectivity index (χ1) is 12.6. The van der Waals surface area contributed by atoms with E-state index in [1.54, 1.807) is 13.4 Å². The van der Waals surface area contributed by atoms with E-state index in [0.717, 1.165) is 17.1 Å². The minimum atomic E-state index is -0.00826. The lowest BCUT2D eigenvalue weighted by atomic mass is 10.2. The van der Waals surface area contributed by atoms with Crippen molar-refractivity contribution in [1.29, 1.82) is 5.26 Å². The molecule has 1 atom stereocenters. The van der Waals surface area contributed by atoms with Gasteiger partial charge in [-0.15, -0.1) is 0 Å². The minimum Gasteiger partial charge on any atom is -0.497 e. The molecule has 1 aromatic carbocycles. The van der Waals surface area contributed by atoms with Crippen LogP contribution in [0.3, 0.4) is 0 Å². The Balaban J connectivity index is 1.79. The number of furan rings is 1. The van der Waals surface area contributed by atoms with Gasteiger partial charge in [-0.3, -0.25) is 4.90 Å². The SMILES string of the molecule is COc1ccc(-c2nc(C#N)c(NC[C@H](c3ccco3)N(C)C)o2)cc1. The molecule has 0 bridgehead atoms. The predicted molar refractivity (Wildman–Crippen MR) is 96.8 cm³/mol. The second-order valence-corrected chi connectivity index (χ2v) is 5.91. The Morgan fingerprint density at radius 3 is 2.62 bits per heavy atom. The molecule has 26 heavy (non-hydrogen) atoms.